The maximum atomic E-state index is 12.5. The van der Waals surface area contributed by atoms with Crippen molar-refractivity contribution in [2.24, 2.45) is 0 Å². The van der Waals surface area contributed by atoms with Crippen molar-refractivity contribution in [3.8, 4) is 5.75 Å². The number of pyridine rings is 1. The Morgan fingerprint density at radius 2 is 2.04 bits per heavy atom. The van der Waals surface area contributed by atoms with E-state index in [2.05, 4.69) is 26.2 Å². The molecule has 3 rings (SSSR count). The third-order valence-electron chi connectivity index (χ3n) is 3.59. The summed E-state index contributed by atoms with van der Waals surface area (Å²) in [7, 11) is 0. The molecule has 0 fully saturated rings. The molecule has 2 heterocycles. The zero-order valence-electron chi connectivity index (χ0n) is 12.8. The molecule has 1 aliphatic rings. The van der Waals surface area contributed by atoms with Crippen LogP contribution in [0.2, 0.25) is 0 Å². The summed E-state index contributed by atoms with van der Waals surface area (Å²) in [5.41, 5.74) is 6.33. The molecule has 0 radical (unpaired) electrons. The van der Waals surface area contributed by atoms with Gasteiger partial charge in [-0.2, -0.15) is 0 Å². The fourth-order valence-electron chi connectivity index (χ4n) is 2.36. The van der Waals surface area contributed by atoms with Crippen molar-refractivity contribution >= 4 is 45.1 Å². The molecule has 0 saturated heterocycles. The minimum absolute atomic E-state index is 0.144. The van der Waals surface area contributed by atoms with Crippen LogP contribution in [0.25, 0.3) is 0 Å². The van der Waals surface area contributed by atoms with Gasteiger partial charge in [0.15, 0.2) is 18.2 Å². The minimum Gasteiger partial charge on any atom is -0.480 e. The Hall–Kier alpha value is -2.61. The molecule has 1 aromatic heterocycles. The zero-order valence-corrected chi connectivity index (χ0v) is 14.4. The quantitative estimate of drug-likeness (QED) is 0.836. The second-order valence-electron chi connectivity index (χ2n) is 5.28. The lowest BCUT2D eigenvalue weighted by atomic mass is 10.2. The number of benzene rings is 1. The molecule has 0 aliphatic carbocycles. The number of aromatic nitrogens is 1. The van der Waals surface area contributed by atoms with Gasteiger partial charge in [-0.05, 0) is 43.3 Å². The third kappa shape index (κ3) is 3.18. The van der Waals surface area contributed by atoms with Gasteiger partial charge in [-0.15, -0.1) is 0 Å². The number of hydrogen-bond donors (Lipinski definition) is 2. The van der Waals surface area contributed by atoms with Crippen LogP contribution >= 0.6 is 15.9 Å². The van der Waals surface area contributed by atoms with E-state index in [0.717, 1.165) is 4.47 Å². The summed E-state index contributed by atoms with van der Waals surface area (Å²) in [5, 5.41) is 2.78. The highest BCUT2D eigenvalue weighted by molar-refractivity contribution is 9.10. The molecule has 1 aliphatic heterocycles. The Balaban J connectivity index is 1.84. The van der Waals surface area contributed by atoms with E-state index in [0.29, 0.717) is 11.4 Å². The number of hydrogen-bond acceptors (Lipinski definition) is 5. The number of ether oxygens (including phenoxy) is 1. The molecule has 3 N–H and O–H groups in total. The van der Waals surface area contributed by atoms with Crippen LogP contribution in [-0.2, 0) is 9.59 Å². The van der Waals surface area contributed by atoms with Crippen LogP contribution in [0.5, 0.6) is 5.75 Å². The summed E-state index contributed by atoms with van der Waals surface area (Å²) in [6, 6.07) is 9.61. The SMILES string of the molecule is CC(C(=O)Nc1ccc(Br)cc1)N1C(=O)COc2ccc(N)nc21. The number of amides is 2. The highest BCUT2D eigenvalue weighted by Crippen LogP contribution is 2.32. The lowest BCUT2D eigenvalue weighted by molar-refractivity contribution is -0.125. The van der Waals surface area contributed by atoms with Crippen LogP contribution in [0.4, 0.5) is 17.3 Å². The Morgan fingerprint density at radius 1 is 1.33 bits per heavy atom. The fraction of sp³-hybridized carbons (Fsp3) is 0.188. The van der Waals surface area contributed by atoms with Gasteiger partial charge in [-0.1, -0.05) is 15.9 Å². The van der Waals surface area contributed by atoms with Crippen molar-refractivity contribution in [1.82, 2.24) is 4.98 Å². The molecule has 24 heavy (non-hydrogen) atoms. The van der Waals surface area contributed by atoms with Gasteiger partial charge in [0.05, 0.1) is 0 Å². The standard InChI is InChI=1S/C16H15BrN4O3/c1-9(16(23)19-11-4-2-10(17)3-5-11)21-14(22)8-24-12-6-7-13(18)20-15(12)21/h2-7,9H,8H2,1H3,(H2,18,20)(H,19,23). The van der Waals surface area contributed by atoms with E-state index in [1.807, 2.05) is 12.1 Å². The van der Waals surface area contributed by atoms with E-state index in [1.54, 1.807) is 31.2 Å². The van der Waals surface area contributed by atoms with E-state index in [-0.39, 0.29) is 30.1 Å². The first-order valence-corrected chi connectivity index (χ1v) is 8.03. The lowest BCUT2D eigenvalue weighted by Crippen LogP contribution is -2.50. The maximum Gasteiger partial charge on any atom is 0.266 e. The largest absolute Gasteiger partial charge is 0.480 e. The molecular formula is C16H15BrN4O3. The number of carbonyl (C=O) groups is 2. The van der Waals surface area contributed by atoms with Gasteiger partial charge in [-0.25, -0.2) is 4.98 Å². The smallest absolute Gasteiger partial charge is 0.266 e. The summed E-state index contributed by atoms with van der Waals surface area (Å²) in [6.45, 7) is 1.49. The molecule has 2 aromatic rings. The normalized spacial score (nSPS) is 14.6. The molecule has 1 atom stereocenters. The van der Waals surface area contributed by atoms with E-state index in [9.17, 15) is 9.59 Å². The van der Waals surface area contributed by atoms with E-state index < -0.39 is 6.04 Å². The van der Waals surface area contributed by atoms with E-state index in [1.165, 1.54) is 4.90 Å². The number of carbonyl (C=O) groups excluding carboxylic acids is 2. The van der Waals surface area contributed by atoms with Crippen LogP contribution in [0.1, 0.15) is 6.92 Å². The van der Waals surface area contributed by atoms with E-state index in [4.69, 9.17) is 10.5 Å². The first-order valence-electron chi connectivity index (χ1n) is 7.23. The second-order valence-corrected chi connectivity index (χ2v) is 6.20. The predicted molar refractivity (Wildman–Crippen MR) is 93.9 cm³/mol. The predicted octanol–water partition coefficient (Wildman–Crippen LogP) is 2.18. The average Bonchev–Trinajstić information content (AvgIpc) is 2.56. The van der Waals surface area contributed by atoms with Crippen LogP contribution in [0, 0.1) is 0 Å². The number of fused-ring (bicyclic) bond motifs is 1. The minimum atomic E-state index is -0.766. The van der Waals surface area contributed by atoms with Gasteiger partial charge in [0, 0.05) is 10.2 Å². The van der Waals surface area contributed by atoms with Gasteiger partial charge >= 0.3 is 0 Å². The molecular weight excluding hydrogens is 376 g/mol. The van der Waals surface area contributed by atoms with Crippen molar-refractivity contribution in [2.75, 3.05) is 22.6 Å². The molecule has 1 aromatic carbocycles. The summed E-state index contributed by atoms with van der Waals surface area (Å²) in [5.74, 6) is 0.246. The fourth-order valence-corrected chi connectivity index (χ4v) is 2.62. The Morgan fingerprint density at radius 3 is 2.75 bits per heavy atom. The highest BCUT2D eigenvalue weighted by Gasteiger charge is 2.34. The molecule has 0 spiro atoms. The van der Waals surface area contributed by atoms with Crippen molar-refractivity contribution < 1.29 is 14.3 Å². The summed E-state index contributed by atoms with van der Waals surface area (Å²) >= 11 is 3.34. The molecule has 2 amide bonds. The highest BCUT2D eigenvalue weighted by atomic mass is 79.9. The Kier molecular flexibility index (Phi) is 4.39. The van der Waals surface area contributed by atoms with E-state index >= 15 is 0 Å². The van der Waals surface area contributed by atoms with Crippen LogP contribution in [-0.4, -0.2) is 29.4 Å². The van der Waals surface area contributed by atoms with Crippen molar-refractivity contribution in [3.05, 3.63) is 40.9 Å². The summed E-state index contributed by atoms with van der Waals surface area (Å²) < 4.78 is 6.24. The molecule has 0 bridgehead atoms. The average molecular weight is 391 g/mol. The monoisotopic (exact) mass is 390 g/mol. The van der Waals surface area contributed by atoms with Gasteiger partial charge in [0.25, 0.3) is 5.91 Å². The molecule has 124 valence electrons. The van der Waals surface area contributed by atoms with Crippen LogP contribution in [0.3, 0.4) is 0 Å². The lowest BCUT2D eigenvalue weighted by Gasteiger charge is -2.32. The number of rotatable bonds is 3. The van der Waals surface area contributed by atoms with Gasteiger partial charge in [-0.3, -0.25) is 14.5 Å². The number of anilines is 3. The van der Waals surface area contributed by atoms with Crippen molar-refractivity contribution in [3.63, 3.8) is 0 Å². The second kappa shape index (κ2) is 6.48. The molecule has 0 saturated carbocycles. The molecule has 7 nitrogen and oxygen atoms in total. The number of halogens is 1. The summed E-state index contributed by atoms with van der Waals surface area (Å²) in [4.78, 5) is 30.2. The van der Waals surface area contributed by atoms with Crippen molar-refractivity contribution in [1.29, 1.82) is 0 Å². The zero-order chi connectivity index (χ0) is 17.3. The van der Waals surface area contributed by atoms with Gasteiger partial charge in [0.2, 0.25) is 5.91 Å². The number of nitrogens with one attached hydrogen (secondary N) is 1. The third-order valence-corrected chi connectivity index (χ3v) is 4.12. The Bertz CT molecular complexity index is 794. The molecule has 8 heteroatoms. The Labute approximate surface area is 146 Å². The first kappa shape index (κ1) is 16.3. The molecule has 1 unspecified atom stereocenters. The van der Waals surface area contributed by atoms with Gasteiger partial charge in [0.1, 0.15) is 11.9 Å². The van der Waals surface area contributed by atoms with Gasteiger partial charge < -0.3 is 15.8 Å². The first-order chi connectivity index (χ1) is 11.5. The van der Waals surface area contributed by atoms with Crippen LogP contribution < -0.4 is 20.7 Å². The summed E-state index contributed by atoms with van der Waals surface area (Å²) in [6.07, 6.45) is 0. The maximum absolute atomic E-state index is 12.5. The number of nitrogens with zero attached hydrogens (tertiary/aromatic N) is 2. The van der Waals surface area contributed by atoms with Crippen LogP contribution in [0.15, 0.2) is 40.9 Å². The van der Waals surface area contributed by atoms with Crippen molar-refractivity contribution in [2.45, 2.75) is 13.0 Å². The number of nitrogens with two attached hydrogens (primary N) is 1. The topological polar surface area (TPSA) is 97.5 Å². The number of nitrogen functional groups attached to an aromatic ring is 1.